The van der Waals surface area contributed by atoms with Crippen LogP contribution in [0.15, 0.2) is 66.9 Å². The second-order valence-electron chi connectivity index (χ2n) is 6.33. The number of carbonyl (C=O) groups excluding carboxylic acids is 1. The first kappa shape index (κ1) is 16.8. The molecule has 0 aliphatic heterocycles. The average Bonchev–Trinajstić information content (AvgIpc) is 3.13. The molecule has 2 N–H and O–H groups in total. The van der Waals surface area contributed by atoms with E-state index in [1.165, 1.54) is 22.3 Å². The van der Waals surface area contributed by atoms with E-state index in [0.29, 0.717) is 23.4 Å². The Kier molecular flexibility index (Phi) is 4.30. The first-order chi connectivity index (χ1) is 13.1. The summed E-state index contributed by atoms with van der Waals surface area (Å²) in [6, 6.07) is 19.0. The summed E-state index contributed by atoms with van der Waals surface area (Å²) in [6.07, 6.45) is 1.42. The maximum atomic E-state index is 12.6. The lowest BCUT2D eigenvalue weighted by Gasteiger charge is -2.06. The van der Waals surface area contributed by atoms with E-state index in [4.69, 9.17) is 0 Å². The van der Waals surface area contributed by atoms with E-state index in [1.54, 1.807) is 0 Å². The van der Waals surface area contributed by atoms with Gasteiger partial charge in [0.25, 0.3) is 5.91 Å². The number of aryl methyl sites for hydroxylation is 1. The molecule has 2 heterocycles. The molecular weight excluding hydrogens is 340 g/mol. The molecule has 0 bridgehead atoms. The number of nitrogens with zero attached hydrogens (tertiary/aromatic N) is 3. The van der Waals surface area contributed by atoms with Gasteiger partial charge in [-0.1, -0.05) is 60.2 Å². The van der Waals surface area contributed by atoms with Crippen molar-refractivity contribution in [3.05, 3.63) is 83.6 Å². The molecular formula is C21H18N4O2. The zero-order valence-corrected chi connectivity index (χ0v) is 14.8. The minimum Gasteiger partial charge on any atom is -0.493 e. The molecule has 0 unspecified atom stereocenters. The number of benzene rings is 2. The van der Waals surface area contributed by atoms with Crippen LogP contribution in [0.1, 0.15) is 21.5 Å². The van der Waals surface area contributed by atoms with Gasteiger partial charge in [0.1, 0.15) is 5.56 Å². The molecule has 0 saturated heterocycles. The number of hydrogen-bond acceptors (Lipinski definition) is 4. The Morgan fingerprint density at radius 2 is 1.85 bits per heavy atom. The fourth-order valence-corrected chi connectivity index (χ4v) is 2.85. The molecule has 4 rings (SSSR count). The molecule has 0 atom stereocenters. The topological polar surface area (TPSA) is 79.5 Å². The molecule has 27 heavy (non-hydrogen) atoms. The lowest BCUT2D eigenvalue weighted by molar-refractivity contribution is 0.0952. The Labute approximate surface area is 156 Å². The predicted octanol–water partition coefficient (Wildman–Crippen LogP) is 3.34. The third kappa shape index (κ3) is 3.37. The molecule has 0 saturated carbocycles. The molecule has 4 aromatic rings. The molecule has 0 aliphatic rings. The van der Waals surface area contributed by atoms with Crippen LogP contribution in [0.25, 0.3) is 16.9 Å². The highest BCUT2D eigenvalue weighted by atomic mass is 16.3. The van der Waals surface area contributed by atoms with E-state index < -0.39 is 0 Å². The summed E-state index contributed by atoms with van der Waals surface area (Å²) in [5.74, 6) is -0.362. The number of fused-ring (bicyclic) bond motifs is 1. The summed E-state index contributed by atoms with van der Waals surface area (Å²) in [6.45, 7) is 2.42. The number of amides is 1. The van der Waals surface area contributed by atoms with E-state index in [9.17, 15) is 9.90 Å². The molecule has 2 aromatic carbocycles. The van der Waals surface area contributed by atoms with Gasteiger partial charge in [-0.05, 0) is 12.5 Å². The summed E-state index contributed by atoms with van der Waals surface area (Å²) in [5, 5.41) is 17.2. The Hall–Kier alpha value is -3.67. The van der Waals surface area contributed by atoms with E-state index in [2.05, 4.69) is 15.4 Å². The molecule has 2 aromatic heterocycles. The maximum Gasteiger partial charge on any atom is 0.257 e. The van der Waals surface area contributed by atoms with E-state index in [-0.39, 0.29) is 11.8 Å². The van der Waals surface area contributed by atoms with Crippen molar-refractivity contribution in [1.29, 1.82) is 0 Å². The average molecular weight is 358 g/mol. The number of hydrogen-bond donors (Lipinski definition) is 2. The number of aromatic nitrogens is 3. The minimum atomic E-state index is -0.289. The SMILES string of the molecule is Cc1ccc(CNC(=O)c2cnn3c(O)cc(-c4ccccc4)nc23)cc1. The van der Waals surface area contributed by atoms with Gasteiger partial charge in [-0.15, -0.1) is 0 Å². The third-order valence-electron chi connectivity index (χ3n) is 4.34. The lowest BCUT2D eigenvalue weighted by atomic mass is 10.1. The Balaban J connectivity index is 1.64. The largest absolute Gasteiger partial charge is 0.493 e. The zero-order valence-electron chi connectivity index (χ0n) is 14.8. The van der Waals surface area contributed by atoms with E-state index >= 15 is 0 Å². The van der Waals surface area contributed by atoms with E-state index in [1.807, 2.05) is 61.5 Å². The van der Waals surface area contributed by atoms with Crippen LogP contribution in [0.5, 0.6) is 5.88 Å². The fourth-order valence-electron chi connectivity index (χ4n) is 2.85. The van der Waals surface area contributed by atoms with Gasteiger partial charge in [0, 0.05) is 18.2 Å². The Bertz CT molecular complexity index is 1100. The standard InChI is InChI=1S/C21H18N4O2/c1-14-7-9-15(10-8-14)12-22-21(27)17-13-23-25-19(26)11-18(24-20(17)25)16-5-3-2-4-6-16/h2-11,13,26H,12H2,1H3,(H,22,27). The fraction of sp³-hybridized carbons (Fsp3) is 0.0952. The van der Waals surface area contributed by atoms with Gasteiger partial charge in [0.2, 0.25) is 5.88 Å². The Morgan fingerprint density at radius 3 is 2.59 bits per heavy atom. The van der Waals surface area contributed by atoms with Crippen molar-refractivity contribution in [3.63, 3.8) is 0 Å². The van der Waals surface area contributed by atoms with Gasteiger partial charge in [-0.2, -0.15) is 9.61 Å². The van der Waals surface area contributed by atoms with Gasteiger partial charge < -0.3 is 10.4 Å². The zero-order chi connectivity index (χ0) is 18.8. The molecule has 1 amide bonds. The quantitative estimate of drug-likeness (QED) is 0.586. The van der Waals surface area contributed by atoms with E-state index in [0.717, 1.165) is 11.1 Å². The third-order valence-corrected chi connectivity index (χ3v) is 4.34. The number of aromatic hydroxyl groups is 1. The first-order valence-electron chi connectivity index (χ1n) is 8.59. The van der Waals surface area contributed by atoms with Crippen molar-refractivity contribution in [3.8, 4) is 17.1 Å². The molecule has 6 nitrogen and oxygen atoms in total. The van der Waals surface area contributed by atoms with Crippen molar-refractivity contribution in [2.45, 2.75) is 13.5 Å². The van der Waals surface area contributed by atoms with Crippen LogP contribution in [-0.2, 0) is 6.54 Å². The summed E-state index contributed by atoms with van der Waals surface area (Å²) in [4.78, 5) is 17.2. The van der Waals surface area contributed by atoms with Crippen LogP contribution in [0.2, 0.25) is 0 Å². The van der Waals surface area contributed by atoms with Crippen molar-refractivity contribution in [2.75, 3.05) is 0 Å². The van der Waals surface area contributed by atoms with Crippen LogP contribution in [0.4, 0.5) is 0 Å². The van der Waals surface area contributed by atoms with Gasteiger partial charge in [0.05, 0.1) is 11.9 Å². The highest BCUT2D eigenvalue weighted by Gasteiger charge is 2.17. The summed E-state index contributed by atoms with van der Waals surface area (Å²) in [7, 11) is 0. The van der Waals surface area contributed by atoms with Gasteiger partial charge >= 0.3 is 0 Å². The molecule has 134 valence electrons. The van der Waals surface area contributed by atoms with Crippen LogP contribution < -0.4 is 5.32 Å². The molecule has 0 radical (unpaired) electrons. The van der Waals surface area contributed by atoms with Crippen LogP contribution in [0.3, 0.4) is 0 Å². The van der Waals surface area contributed by atoms with Crippen LogP contribution in [0, 0.1) is 6.92 Å². The van der Waals surface area contributed by atoms with Crippen molar-refractivity contribution in [2.24, 2.45) is 0 Å². The van der Waals surface area contributed by atoms with Crippen molar-refractivity contribution < 1.29 is 9.90 Å². The lowest BCUT2D eigenvalue weighted by Crippen LogP contribution is -2.22. The number of nitrogens with one attached hydrogen (secondary N) is 1. The number of carbonyl (C=O) groups is 1. The second-order valence-corrected chi connectivity index (χ2v) is 6.33. The monoisotopic (exact) mass is 358 g/mol. The van der Waals surface area contributed by atoms with Crippen LogP contribution >= 0.6 is 0 Å². The minimum absolute atomic E-state index is 0.0727. The smallest absolute Gasteiger partial charge is 0.257 e. The first-order valence-corrected chi connectivity index (χ1v) is 8.59. The molecule has 0 spiro atoms. The second kappa shape index (κ2) is 6.92. The van der Waals surface area contributed by atoms with Crippen LogP contribution in [-0.4, -0.2) is 25.6 Å². The summed E-state index contributed by atoms with van der Waals surface area (Å²) in [5.41, 5.74) is 4.23. The van der Waals surface area contributed by atoms with Gasteiger partial charge in [-0.3, -0.25) is 4.79 Å². The molecule has 6 heteroatoms. The summed E-state index contributed by atoms with van der Waals surface area (Å²) >= 11 is 0. The predicted molar refractivity (Wildman–Crippen MR) is 102 cm³/mol. The Morgan fingerprint density at radius 1 is 1.11 bits per heavy atom. The normalized spacial score (nSPS) is 10.9. The highest BCUT2D eigenvalue weighted by molar-refractivity contribution is 5.99. The highest BCUT2D eigenvalue weighted by Crippen LogP contribution is 2.24. The molecule has 0 fully saturated rings. The molecule has 0 aliphatic carbocycles. The van der Waals surface area contributed by atoms with Gasteiger partial charge in [-0.25, -0.2) is 4.98 Å². The maximum absolute atomic E-state index is 12.6. The van der Waals surface area contributed by atoms with Crippen molar-refractivity contribution >= 4 is 11.6 Å². The van der Waals surface area contributed by atoms with Gasteiger partial charge in [0.15, 0.2) is 5.65 Å². The number of rotatable bonds is 4. The summed E-state index contributed by atoms with van der Waals surface area (Å²) < 4.78 is 1.26. The van der Waals surface area contributed by atoms with Crippen molar-refractivity contribution in [1.82, 2.24) is 19.9 Å².